The fourth-order valence-electron chi connectivity index (χ4n) is 1.59. The normalized spacial score (nSPS) is 11.2. The molecule has 0 heterocycles. The molecule has 0 aliphatic heterocycles. The fraction of sp³-hybridized carbons (Fsp3) is 0.0769. The van der Waals surface area contributed by atoms with Crippen molar-refractivity contribution in [3.8, 4) is 0 Å². The highest BCUT2D eigenvalue weighted by Crippen LogP contribution is 2.28. The Balaban J connectivity index is 2.47. The molecule has 2 aromatic carbocycles. The zero-order valence-electron chi connectivity index (χ0n) is 9.75. The second-order valence-electron chi connectivity index (χ2n) is 3.74. The third kappa shape index (κ3) is 2.42. The molecule has 0 aliphatic rings. The van der Waals surface area contributed by atoms with E-state index >= 15 is 0 Å². The largest absolute Gasteiger partial charge is 0.268 e. The van der Waals surface area contributed by atoms with E-state index in [-0.39, 0.29) is 4.90 Å². The predicted molar refractivity (Wildman–Crippen MR) is 76.2 cm³/mol. The minimum atomic E-state index is -3.51. The molecule has 5 heteroatoms. The lowest BCUT2D eigenvalue weighted by atomic mass is 10.3. The van der Waals surface area contributed by atoms with Gasteiger partial charge in [-0.05, 0) is 40.2 Å². The van der Waals surface area contributed by atoms with Crippen LogP contribution in [0.5, 0.6) is 0 Å². The molecule has 0 unspecified atom stereocenters. The molecule has 2 aromatic rings. The van der Waals surface area contributed by atoms with Crippen molar-refractivity contribution in [2.75, 3.05) is 11.4 Å². The summed E-state index contributed by atoms with van der Waals surface area (Å²) in [5, 5.41) is 0. The van der Waals surface area contributed by atoms with Gasteiger partial charge in [0.25, 0.3) is 10.0 Å². The molecule has 0 atom stereocenters. The van der Waals surface area contributed by atoms with E-state index < -0.39 is 10.0 Å². The number of hydrogen-bond acceptors (Lipinski definition) is 2. The maximum atomic E-state index is 12.4. The van der Waals surface area contributed by atoms with E-state index in [1.54, 1.807) is 49.5 Å². The second kappa shape index (κ2) is 5.12. The molecule has 0 fully saturated rings. The van der Waals surface area contributed by atoms with Crippen LogP contribution in [0.4, 0.5) is 5.69 Å². The number of anilines is 1. The van der Waals surface area contributed by atoms with Crippen LogP contribution >= 0.6 is 15.9 Å². The number of nitrogens with zero attached hydrogens (tertiary/aromatic N) is 1. The Morgan fingerprint density at radius 1 is 0.944 bits per heavy atom. The number of halogens is 1. The van der Waals surface area contributed by atoms with Crippen molar-refractivity contribution >= 4 is 31.6 Å². The summed E-state index contributed by atoms with van der Waals surface area (Å²) in [5.41, 5.74) is 0.612. The first-order valence-corrected chi connectivity index (χ1v) is 7.55. The topological polar surface area (TPSA) is 37.4 Å². The first-order chi connectivity index (χ1) is 8.53. The Hall–Kier alpha value is -1.33. The summed E-state index contributed by atoms with van der Waals surface area (Å²) in [6.45, 7) is 0. The van der Waals surface area contributed by atoms with Gasteiger partial charge in [0.15, 0.2) is 0 Å². The lowest BCUT2D eigenvalue weighted by Crippen LogP contribution is -2.26. The minimum Gasteiger partial charge on any atom is -0.268 e. The van der Waals surface area contributed by atoms with Crippen LogP contribution in [0.15, 0.2) is 64.0 Å². The van der Waals surface area contributed by atoms with Crippen LogP contribution in [0, 0.1) is 0 Å². The smallest absolute Gasteiger partial charge is 0.264 e. The predicted octanol–water partition coefficient (Wildman–Crippen LogP) is 3.27. The van der Waals surface area contributed by atoms with E-state index in [1.807, 2.05) is 12.1 Å². The van der Waals surface area contributed by atoms with Gasteiger partial charge >= 0.3 is 0 Å². The molecule has 0 spiro atoms. The van der Waals surface area contributed by atoms with Crippen LogP contribution in [-0.2, 0) is 10.0 Å². The lowest BCUT2D eigenvalue weighted by Gasteiger charge is -2.20. The average molecular weight is 326 g/mol. The third-order valence-electron chi connectivity index (χ3n) is 2.59. The van der Waals surface area contributed by atoms with Gasteiger partial charge in [-0.25, -0.2) is 8.42 Å². The number of benzene rings is 2. The van der Waals surface area contributed by atoms with E-state index in [2.05, 4.69) is 15.9 Å². The maximum absolute atomic E-state index is 12.4. The van der Waals surface area contributed by atoms with Gasteiger partial charge in [-0.3, -0.25) is 4.31 Å². The maximum Gasteiger partial charge on any atom is 0.264 e. The first-order valence-electron chi connectivity index (χ1n) is 5.32. The second-order valence-corrected chi connectivity index (χ2v) is 6.56. The van der Waals surface area contributed by atoms with Gasteiger partial charge in [0, 0.05) is 11.5 Å². The molecule has 3 nitrogen and oxygen atoms in total. The first kappa shape index (κ1) is 13.1. The number of rotatable bonds is 3. The molecule has 18 heavy (non-hydrogen) atoms. The quantitative estimate of drug-likeness (QED) is 0.868. The molecule has 0 saturated heterocycles. The molecule has 94 valence electrons. The van der Waals surface area contributed by atoms with E-state index in [0.717, 1.165) is 4.47 Å². The highest BCUT2D eigenvalue weighted by Gasteiger charge is 2.21. The monoisotopic (exact) mass is 325 g/mol. The molecule has 0 radical (unpaired) electrons. The molecule has 0 N–H and O–H groups in total. The minimum absolute atomic E-state index is 0.281. The van der Waals surface area contributed by atoms with Crippen LogP contribution in [-0.4, -0.2) is 15.5 Å². The molecule has 0 bridgehead atoms. The third-order valence-corrected chi connectivity index (χ3v) is 5.05. The molecule has 0 aliphatic carbocycles. The highest BCUT2D eigenvalue weighted by atomic mass is 79.9. The average Bonchev–Trinajstić information content (AvgIpc) is 2.39. The Bertz CT molecular complexity index is 641. The van der Waals surface area contributed by atoms with Crippen molar-refractivity contribution in [2.24, 2.45) is 0 Å². The van der Waals surface area contributed by atoms with E-state index in [9.17, 15) is 8.42 Å². The Kier molecular flexibility index (Phi) is 3.73. The summed E-state index contributed by atoms with van der Waals surface area (Å²) < 4.78 is 26.8. The standard InChI is InChI=1S/C13H12BrNO2S/c1-15(13-10-6-5-9-12(13)14)18(16,17)11-7-3-2-4-8-11/h2-10H,1H3. The highest BCUT2D eigenvalue weighted by molar-refractivity contribution is 9.10. The molecule has 0 amide bonds. The molecule has 0 saturated carbocycles. The summed E-state index contributed by atoms with van der Waals surface area (Å²) in [6.07, 6.45) is 0. The molecule has 0 aromatic heterocycles. The number of hydrogen-bond donors (Lipinski definition) is 0. The van der Waals surface area contributed by atoms with Crippen molar-refractivity contribution in [1.82, 2.24) is 0 Å². The van der Waals surface area contributed by atoms with E-state index in [0.29, 0.717) is 5.69 Å². The zero-order chi connectivity index (χ0) is 13.2. The van der Waals surface area contributed by atoms with Crippen molar-refractivity contribution < 1.29 is 8.42 Å². The SMILES string of the molecule is CN(c1ccccc1Br)S(=O)(=O)c1ccccc1. The van der Waals surface area contributed by atoms with Gasteiger partial charge in [-0.2, -0.15) is 0 Å². The molecule has 2 rings (SSSR count). The van der Waals surface area contributed by atoms with Gasteiger partial charge < -0.3 is 0 Å². The summed E-state index contributed by atoms with van der Waals surface area (Å²) in [6, 6.07) is 15.6. The van der Waals surface area contributed by atoms with Crippen molar-refractivity contribution in [3.63, 3.8) is 0 Å². The summed E-state index contributed by atoms with van der Waals surface area (Å²) in [5.74, 6) is 0. The summed E-state index contributed by atoms with van der Waals surface area (Å²) in [7, 11) is -1.97. The van der Waals surface area contributed by atoms with Crippen LogP contribution in [0.2, 0.25) is 0 Å². The Morgan fingerprint density at radius 2 is 1.50 bits per heavy atom. The summed E-state index contributed by atoms with van der Waals surface area (Å²) >= 11 is 3.36. The van der Waals surface area contributed by atoms with E-state index in [4.69, 9.17) is 0 Å². The zero-order valence-corrected chi connectivity index (χ0v) is 12.1. The van der Waals surface area contributed by atoms with Crippen LogP contribution < -0.4 is 4.31 Å². The summed E-state index contributed by atoms with van der Waals surface area (Å²) in [4.78, 5) is 0.281. The van der Waals surface area contributed by atoms with Gasteiger partial charge in [-0.15, -0.1) is 0 Å². The molecular formula is C13H12BrNO2S. The van der Waals surface area contributed by atoms with Gasteiger partial charge in [0.2, 0.25) is 0 Å². The van der Waals surface area contributed by atoms with Gasteiger partial charge in [-0.1, -0.05) is 30.3 Å². The van der Waals surface area contributed by atoms with Crippen molar-refractivity contribution in [1.29, 1.82) is 0 Å². The number of para-hydroxylation sites is 1. The van der Waals surface area contributed by atoms with Gasteiger partial charge in [0.05, 0.1) is 10.6 Å². The number of sulfonamides is 1. The Morgan fingerprint density at radius 3 is 2.11 bits per heavy atom. The lowest BCUT2D eigenvalue weighted by molar-refractivity contribution is 0.594. The van der Waals surface area contributed by atoms with E-state index in [1.165, 1.54) is 4.31 Å². The Labute approximate surface area is 115 Å². The van der Waals surface area contributed by atoms with Crippen LogP contribution in [0.25, 0.3) is 0 Å². The fourth-order valence-corrected chi connectivity index (χ4v) is 3.49. The van der Waals surface area contributed by atoms with Crippen LogP contribution in [0.1, 0.15) is 0 Å². The van der Waals surface area contributed by atoms with Gasteiger partial charge in [0.1, 0.15) is 0 Å². The van der Waals surface area contributed by atoms with Crippen LogP contribution in [0.3, 0.4) is 0 Å². The van der Waals surface area contributed by atoms with Crippen molar-refractivity contribution in [2.45, 2.75) is 4.90 Å². The van der Waals surface area contributed by atoms with Crippen molar-refractivity contribution in [3.05, 3.63) is 59.1 Å². The molecular weight excluding hydrogens is 314 g/mol.